The van der Waals surface area contributed by atoms with Gasteiger partial charge in [-0.15, -0.1) is 0 Å². The fourth-order valence-electron chi connectivity index (χ4n) is 2.07. The first-order chi connectivity index (χ1) is 7.25. The predicted molar refractivity (Wildman–Crippen MR) is 57.5 cm³/mol. The lowest BCUT2D eigenvalue weighted by Gasteiger charge is -2.11. The molecule has 3 heteroatoms. The van der Waals surface area contributed by atoms with Crippen molar-refractivity contribution in [2.45, 2.75) is 13.3 Å². The van der Waals surface area contributed by atoms with Gasteiger partial charge in [-0.05, 0) is 18.9 Å². The van der Waals surface area contributed by atoms with Crippen LogP contribution in [0, 0.1) is 18.8 Å². The number of hydrogen-bond donors (Lipinski definition) is 1. The Morgan fingerprint density at radius 3 is 2.73 bits per heavy atom. The summed E-state index contributed by atoms with van der Waals surface area (Å²) in [5.41, 5.74) is 6.00. The molecule has 0 aromatic heterocycles. The average molecular weight is 200 g/mol. The van der Waals surface area contributed by atoms with E-state index in [0.29, 0.717) is 5.92 Å². The zero-order valence-corrected chi connectivity index (χ0v) is 8.53. The first-order valence-electron chi connectivity index (χ1n) is 5.20. The molecule has 1 aromatic rings. The van der Waals surface area contributed by atoms with Gasteiger partial charge in [0, 0.05) is 11.8 Å². The summed E-state index contributed by atoms with van der Waals surface area (Å²) >= 11 is 0. The second-order valence-electron chi connectivity index (χ2n) is 4.29. The summed E-state index contributed by atoms with van der Waals surface area (Å²) in [6.07, 6.45) is 0.957. The highest BCUT2D eigenvalue weighted by atomic mass is 16.2. The molecule has 1 amide bonds. The number of nitrogens with one attached hydrogen (secondary N) is 1. The maximum absolute atomic E-state index is 11.2. The standard InChI is InChI=1S/C12H12N2O/c1-7-2-4-8(5-3-7)11-9-6-10(9)12(15)14-13-11/h2-5,9-10H,6H2,1H3,(H,14,15)/t9-,10-/m1/s1. The number of aryl methyl sites for hydroxylation is 1. The Labute approximate surface area is 88.2 Å². The molecular weight excluding hydrogens is 188 g/mol. The molecule has 3 nitrogen and oxygen atoms in total. The molecule has 1 N–H and O–H groups in total. The Morgan fingerprint density at radius 2 is 2.00 bits per heavy atom. The fourth-order valence-corrected chi connectivity index (χ4v) is 2.07. The highest BCUT2D eigenvalue weighted by molar-refractivity contribution is 6.09. The molecule has 1 aliphatic carbocycles. The van der Waals surface area contributed by atoms with Gasteiger partial charge in [-0.2, -0.15) is 5.10 Å². The van der Waals surface area contributed by atoms with Gasteiger partial charge in [0.15, 0.2) is 0 Å². The van der Waals surface area contributed by atoms with E-state index in [9.17, 15) is 4.79 Å². The van der Waals surface area contributed by atoms with Gasteiger partial charge < -0.3 is 0 Å². The third-order valence-corrected chi connectivity index (χ3v) is 3.11. The van der Waals surface area contributed by atoms with E-state index >= 15 is 0 Å². The van der Waals surface area contributed by atoms with Gasteiger partial charge in [0.2, 0.25) is 5.91 Å². The highest BCUT2D eigenvalue weighted by Crippen LogP contribution is 2.43. The minimum atomic E-state index is 0.0795. The normalized spacial score (nSPS) is 27.8. The van der Waals surface area contributed by atoms with Crippen molar-refractivity contribution in [1.29, 1.82) is 0 Å². The van der Waals surface area contributed by atoms with Crippen molar-refractivity contribution in [2.24, 2.45) is 16.9 Å². The summed E-state index contributed by atoms with van der Waals surface area (Å²) in [5, 5.41) is 4.15. The number of carbonyl (C=O) groups excluding carboxylic acids is 1. The van der Waals surface area contributed by atoms with Crippen molar-refractivity contribution in [3.05, 3.63) is 35.4 Å². The van der Waals surface area contributed by atoms with Crippen LogP contribution in [0.15, 0.2) is 29.4 Å². The van der Waals surface area contributed by atoms with Crippen molar-refractivity contribution in [3.8, 4) is 0 Å². The van der Waals surface area contributed by atoms with Crippen LogP contribution in [0.25, 0.3) is 0 Å². The minimum Gasteiger partial charge on any atom is -0.273 e. The summed E-state index contributed by atoms with van der Waals surface area (Å²) in [6, 6.07) is 8.29. The molecule has 2 aliphatic rings. The number of amides is 1. The van der Waals surface area contributed by atoms with Gasteiger partial charge in [-0.1, -0.05) is 29.8 Å². The van der Waals surface area contributed by atoms with Crippen LogP contribution in [-0.4, -0.2) is 11.6 Å². The second kappa shape index (κ2) is 2.92. The lowest BCUT2D eigenvalue weighted by Crippen LogP contribution is -2.28. The largest absolute Gasteiger partial charge is 0.273 e. The molecule has 76 valence electrons. The molecular formula is C12H12N2O. The Balaban J connectivity index is 1.95. The summed E-state index contributed by atoms with van der Waals surface area (Å²) in [7, 11) is 0. The topological polar surface area (TPSA) is 41.5 Å². The van der Waals surface area contributed by atoms with Gasteiger partial charge in [0.25, 0.3) is 0 Å². The van der Waals surface area contributed by atoms with E-state index in [4.69, 9.17) is 0 Å². The van der Waals surface area contributed by atoms with E-state index < -0.39 is 0 Å². The molecule has 1 fully saturated rings. The van der Waals surface area contributed by atoms with Crippen LogP contribution in [0.3, 0.4) is 0 Å². The van der Waals surface area contributed by atoms with Gasteiger partial charge in [0.05, 0.1) is 5.71 Å². The lowest BCUT2D eigenvalue weighted by atomic mass is 10.0. The van der Waals surface area contributed by atoms with Crippen LogP contribution < -0.4 is 5.43 Å². The van der Waals surface area contributed by atoms with Gasteiger partial charge in [-0.3, -0.25) is 4.79 Å². The maximum atomic E-state index is 11.2. The van der Waals surface area contributed by atoms with Crippen molar-refractivity contribution in [3.63, 3.8) is 0 Å². The summed E-state index contributed by atoms with van der Waals surface area (Å²) in [6.45, 7) is 2.06. The molecule has 0 saturated heterocycles. The Bertz CT molecular complexity index is 447. The molecule has 1 aromatic carbocycles. The molecule has 0 spiro atoms. The number of rotatable bonds is 1. The average Bonchev–Trinajstić information content (AvgIpc) is 3.01. The zero-order chi connectivity index (χ0) is 10.4. The third-order valence-electron chi connectivity index (χ3n) is 3.11. The Hall–Kier alpha value is -1.64. The third kappa shape index (κ3) is 1.35. The van der Waals surface area contributed by atoms with Crippen LogP contribution >= 0.6 is 0 Å². The molecule has 1 saturated carbocycles. The SMILES string of the molecule is Cc1ccc(C2=NNC(=O)[C@@H]3C[C@@H]23)cc1. The molecule has 0 bridgehead atoms. The first-order valence-corrected chi connectivity index (χ1v) is 5.20. The van der Waals surface area contributed by atoms with Crippen molar-refractivity contribution in [1.82, 2.24) is 5.43 Å². The number of hydrazone groups is 1. The summed E-state index contributed by atoms with van der Waals surface area (Å²) in [4.78, 5) is 11.2. The van der Waals surface area contributed by atoms with Gasteiger partial charge in [0.1, 0.15) is 0 Å². The zero-order valence-electron chi connectivity index (χ0n) is 8.53. The van der Waals surface area contributed by atoms with E-state index in [1.54, 1.807) is 0 Å². The van der Waals surface area contributed by atoms with Crippen molar-refractivity contribution < 1.29 is 4.79 Å². The molecule has 15 heavy (non-hydrogen) atoms. The van der Waals surface area contributed by atoms with E-state index in [0.717, 1.165) is 17.7 Å². The van der Waals surface area contributed by atoms with Crippen LogP contribution in [0.1, 0.15) is 17.5 Å². The highest BCUT2D eigenvalue weighted by Gasteiger charge is 2.49. The van der Waals surface area contributed by atoms with E-state index in [-0.39, 0.29) is 11.8 Å². The number of carbonyl (C=O) groups is 1. The Kier molecular flexibility index (Phi) is 1.69. The van der Waals surface area contributed by atoms with E-state index in [1.165, 1.54) is 5.56 Å². The molecule has 0 radical (unpaired) electrons. The van der Waals surface area contributed by atoms with E-state index in [2.05, 4.69) is 41.7 Å². The molecule has 2 atom stereocenters. The lowest BCUT2D eigenvalue weighted by molar-refractivity contribution is -0.122. The van der Waals surface area contributed by atoms with Crippen LogP contribution in [0.4, 0.5) is 0 Å². The Morgan fingerprint density at radius 1 is 1.27 bits per heavy atom. The van der Waals surface area contributed by atoms with E-state index in [1.807, 2.05) is 0 Å². The quantitative estimate of drug-likeness (QED) is 0.732. The van der Waals surface area contributed by atoms with Crippen molar-refractivity contribution in [2.75, 3.05) is 0 Å². The molecule has 1 heterocycles. The number of benzene rings is 1. The van der Waals surface area contributed by atoms with Crippen LogP contribution in [0.5, 0.6) is 0 Å². The number of fused-ring (bicyclic) bond motifs is 1. The van der Waals surface area contributed by atoms with Gasteiger partial charge in [-0.25, -0.2) is 5.43 Å². The molecule has 1 aliphatic heterocycles. The monoisotopic (exact) mass is 200 g/mol. The number of hydrogen-bond acceptors (Lipinski definition) is 2. The molecule has 3 rings (SSSR count). The predicted octanol–water partition coefficient (Wildman–Crippen LogP) is 1.47. The van der Waals surface area contributed by atoms with Gasteiger partial charge >= 0.3 is 0 Å². The summed E-state index contributed by atoms with van der Waals surface area (Å²) < 4.78 is 0. The minimum absolute atomic E-state index is 0.0795. The fraction of sp³-hybridized carbons (Fsp3) is 0.333. The number of nitrogens with zero attached hydrogens (tertiary/aromatic N) is 1. The smallest absolute Gasteiger partial charge is 0.243 e. The maximum Gasteiger partial charge on any atom is 0.243 e. The van der Waals surface area contributed by atoms with Crippen LogP contribution in [0.2, 0.25) is 0 Å². The second-order valence-corrected chi connectivity index (χ2v) is 4.29. The van der Waals surface area contributed by atoms with Crippen molar-refractivity contribution >= 4 is 11.6 Å². The molecule has 0 unspecified atom stereocenters. The van der Waals surface area contributed by atoms with Crippen LogP contribution in [-0.2, 0) is 4.79 Å². The first kappa shape index (κ1) is 8.65. The summed E-state index contributed by atoms with van der Waals surface area (Å²) in [5.74, 6) is 0.621.